The lowest BCUT2D eigenvalue weighted by Gasteiger charge is -1.88. The van der Waals surface area contributed by atoms with Gasteiger partial charge >= 0.3 is 0 Å². The zero-order valence-corrected chi connectivity index (χ0v) is 8.66. The standard InChI is InChI=1S/C11H9NO2S/c12-11(13)6-4-8-3-5-9(14-8)10-2-1-7-15-10/h1-7H,(H2,12,13)/b6-4-. The van der Waals surface area contributed by atoms with E-state index in [0.29, 0.717) is 5.76 Å². The van der Waals surface area contributed by atoms with E-state index in [1.54, 1.807) is 23.5 Å². The van der Waals surface area contributed by atoms with Crippen LogP contribution in [0.25, 0.3) is 16.7 Å². The second-order valence-electron chi connectivity index (χ2n) is 2.92. The maximum atomic E-state index is 10.5. The molecule has 2 heterocycles. The lowest BCUT2D eigenvalue weighted by Crippen LogP contribution is -2.04. The molecular weight excluding hydrogens is 210 g/mol. The van der Waals surface area contributed by atoms with Gasteiger partial charge in [0.2, 0.25) is 5.91 Å². The SMILES string of the molecule is NC(=O)/C=C\c1ccc(-c2cccs2)o1. The molecule has 2 N–H and O–H groups in total. The number of thiophene rings is 1. The molecule has 3 nitrogen and oxygen atoms in total. The molecule has 2 aromatic heterocycles. The number of primary amides is 1. The average molecular weight is 219 g/mol. The molecule has 0 fully saturated rings. The molecule has 2 aromatic rings. The van der Waals surface area contributed by atoms with E-state index in [-0.39, 0.29) is 0 Å². The highest BCUT2D eigenvalue weighted by Crippen LogP contribution is 2.26. The summed E-state index contributed by atoms with van der Waals surface area (Å²) in [5.74, 6) is 0.940. The van der Waals surface area contributed by atoms with E-state index in [1.165, 1.54) is 6.08 Å². The molecule has 0 saturated heterocycles. The molecule has 1 amide bonds. The van der Waals surface area contributed by atoms with E-state index in [1.807, 2.05) is 23.6 Å². The van der Waals surface area contributed by atoms with Crippen LogP contribution in [-0.2, 0) is 4.79 Å². The Labute approximate surface area is 90.8 Å². The monoisotopic (exact) mass is 219 g/mol. The van der Waals surface area contributed by atoms with Gasteiger partial charge < -0.3 is 10.2 Å². The fourth-order valence-electron chi connectivity index (χ4n) is 1.16. The molecule has 15 heavy (non-hydrogen) atoms. The normalized spacial score (nSPS) is 10.9. The first-order valence-electron chi connectivity index (χ1n) is 4.37. The van der Waals surface area contributed by atoms with Crippen LogP contribution in [0.2, 0.25) is 0 Å². The van der Waals surface area contributed by atoms with Crippen LogP contribution in [0.5, 0.6) is 0 Å². The van der Waals surface area contributed by atoms with E-state index < -0.39 is 5.91 Å². The van der Waals surface area contributed by atoms with Crippen molar-refractivity contribution in [1.29, 1.82) is 0 Å². The lowest BCUT2D eigenvalue weighted by molar-refractivity contribution is -0.113. The van der Waals surface area contributed by atoms with Crippen molar-refractivity contribution >= 4 is 23.3 Å². The third kappa shape index (κ3) is 2.35. The van der Waals surface area contributed by atoms with Gasteiger partial charge in [-0.1, -0.05) is 6.07 Å². The summed E-state index contributed by atoms with van der Waals surface area (Å²) in [6, 6.07) is 7.60. The molecule has 0 bridgehead atoms. The van der Waals surface area contributed by atoms with Crippen LogP contribution in [0, 0.1) is 0 Å². The summed E-state index contributed by atoms with van der Waals surface area (Å²) < 4.78 is 5.49. The molecule has 0 saturated carbocycles. The Balaban J connectivity index is 2.21. The van der Waals surface area contributed by atoms with Gasteiger partial charge in [0.25, 0.3) is 0 Å². The smallest absolute Gasteiger partial charge is 0.241 e. The third-order valence-electron chi connectivity index (χ3n) is 1.80. The topological polar surface area (TPSA) is 56.2 Å². The molecule has 2 rings (SSSR count). The number of hydrogen-bond acceptors (Lipinski definition) is 3. The minimum absolute atomic E-state index is 0.482. The summed E-state index contributed by atoms with van der Waals surface area (Å²) in [5.41, 5.74) is 4.98. The van der Waals surface area contributed by atoms with Crippen molar-refractivity contribution in [3.8, 4) is 10.6 Å². The van der Waals surface area contributed by atoms with Gasteiger partial charge in [0.15, 0.2) is 0 Å². The zero-order chi connectivity index (χ0) is 10.7. The van der Waals surface area contributed by atoms with Crippen molar-refractivity contribution in [1.82, 2.24) is 0 Å². The van der Waals surface area contributed by atoms with Crippen LogP contribution in [0.15, 0.2) is 40.1 Å². The summed E-state index contributed by atoms with van der Waals surface area (Å²) in [4.78, 5) is 11.6. The van der Waals surface area contributed by atoms with E-state index in [9.17, 15) is 4.79 Å². The summed E-state index contributed by atoms with van der Waals surface area (Å²) >= 11 is 1.60. The summed E-state index contributed by atoms with van der Waals surface area (Å²) in [7, 11) is 0. The number of carbonyl (C=O) groups is 1. The maximum absolute atomic E-state index is 10.5. The largest absolute Gasteiger partial charge is 0.456 e. The van der Waals surface area contributed by atoms with Gasteiger partial charge in [-0.05, 0) is 29.7 Å². The van der Waals surface area contributed by atoms with Crippen LogP contribution < -0.4 is 5.73 Å². The number of carbonyl (C=O) groups excluding carboxylic acids is 1. The molecule has 0 aromatic carbocycles. The first-order chi connectivity index (χ1) is 7.25. The van der Waals surface area contributed by atoms with Gasteiger partial charge in [-0.25, -0.2) is 0 Å². The van der Waals surface area contributed by atoms with Crippen LogP contribution in [0.4, 0.5) is 0 Å². The third-order valence-corrected chi connectivity index (χ3v) is 2.69. The first kappa shape index (κ1) is 9.73. The fourth-order valence-corrected chi connectivity index (χ4v) is 1.84. The number of amides is 1. The first-order valence-corrected chi connectivity index (χ1v) is 5.25. The van der Waals surface area contributed by atoms with E-state index in [2.05, 4.69) is 0 Å². The molecule has 0 aliphatic heterocycles. The van der Waals surface area contributed by atoms with Crippen molar-refractivity contribution in [2.75, 3.05) is 0 Å². The Morgan fingerprint density at radius 2 is 2.27 bits per heavy atom. The number of nitrogens with two attached hydrogens (primary N) is 1. The molecule has 0 radical (unpaired) electrons. The predicted octanol–water partition coefficient (Wildman–Crippen LogP) is 2.51. The molecular formula is C11H9NO2S. The highest BCUT2D eigenvalue weighted by Gasteiger charge is 2.03. The van der Waals surface area contributed by atoms with Gasteiger partial charge in [-0.3, -0.25) is 4.79 Å². The fraction of sp³-hybridized carbons (Fsp3) is 0. The second kappa shape index (κ2) is 4.14. The minimum atomic E-state index is -0.482. The summed E-state index contributed by atoms with van der Waals surface area (Å²) in [6.07, 6.45) is 2.83. The molecule has 76 valence electrons. The van der Waals surface area contributed by atoms with E-state index in [0.717, 1.165) is 10.6 Å². The highest BCUT2D eigenvalue weighted by molar-refractivity contribution is 7.13. The lowest BCUT2D eigenvalue weighted by atomic mass is 10.3. The van der Waals surface area contributed by atoms with Gasteiger partial charge in [0.1, 0.15) is 11.5 Å². The molecule has 0 spiro atoms. The number of furan rings is 1. The average Bonchev–Trinajstić information content (AvgIpc) is 2.85. The Kier molecular flexibility index (Phi) is 2.69. The number of hydrogen-bond donors (Lipinski definition) is 1. The Bertz CT molecular complexity index is 482. The van der Waals surface area contributed by atoms with E-state index in [4.69, 9.17) is 10.2 Å². The molecule has 4 heteroatoms. The van der Waals surface area contributed by atoms with Crippen molar-refractivity contribution in [3.63, 3.8) is 0 Å². The molecule has 0 unspecified atom stereocenters. The Morgan fingerprint density at radius 1 is 1.40 bits per heavy atom. The van der Waals surface area contributed by atoms with E-state index >= 15 is 0 Å². The van der Waals surface area contributed by atoms with Gasteiger partial charge in [-0.2, -0.15) is 0 Å². The zero-order valence-electron chi connectivity index (χ0n) is 7.84. The van der Waals surface area contributed by atoms with Crippen molar-refractivity contribution in [2.24, 2.45) is 5.73 Å². The highest BCUT2D eigenvalue weighted by atomic mass is 32.1. The minimum Gasteiger partial charge on any atom is -0.456 e. The quantitative estimate of drug-likeness (QED) is 0.806. The van der Waals surface area contributed by atoms with Crippen LogP contribution in [0.1, 0.15) is 5.76 Å². The molecule has 0 atom stereocenters. The maximum Gasteiger partial charge on any atom is 0.241 e. The summed E-state index contributed by atoms with van der Waals surface area (Å²) in [5, 5.41) is 1.98. The molecule has 0 aliphatic rings. The van der Waals surface area contributed by atoms with Crippen molar-refractivity contribution < 1.29 is 9.21 Å². The van der Waals surface area contributed by atoms with Crippen LogP contribution in [0.3, 0.4) is 0 Å². The van der Waals surface area contributed by atoms with Crippen molar-refractivity contribution in [2.45, 2.75) is 0 Å². The Hall–Kier alpha value is -1.81. The Morgan fingerprint density at radius 3 is 2.93 bits per heavy atom. The van der Waals surface area contributed by atoms with Crippen LogP contribution >= 0.6 is 11.3 Å². The van der Waals surface area contributed by atoms with Crippen LogP contribution in [-0.4, -0.2) is 5.91 Å². The second-order valence-corrected chi connectivity index (χ2v) is 3.86. The number of rotatable bonds is 3. The van der Waals surface area contributed by atoms with Gasteiger partial charge in [0, 0.05) is 6.08 Å². The van der Waals surface area contributed by atoms with Crippen molar-refractivity contribution in [3.05, 3.63) is 41.5 Å². The molecule has 0 aliphatic carbocycles. The summed E-state index contributed by atoms with van der Waals surface area (Å²) in [6.45, 7) is 0. The van der Waals surface area contributed by atoms with Gasteiger partial charge in [-0.15, -0.1) is 11.3 Å². The van der Waals surface area contributed by atoms with Gasteiger partial charge in [0.05, 0.1) is 4.88 Å². The predicted molar refractivity (Wildman–Crippen MR) is 60.2 cm³/mol.